The maximum atomic E-state index is 10.6. The van der Waals surface area contributed by atoms with E-state index in [-0.39, 0.29) is 18.8 Å². The van der Waals surface area contributed by atoms with Crippen LogP contribution < -0.4 is 0 Å². The fraction of sp³-hybridized carbons (Fsp3) is 0.385. The van der Waals surface area contributed by atoms with E-state index in [1.807, 2.05) is 31.2 Å². The van der Waals surface area contributed by atoms with Crippen molar-refractivity contribution < 1.29 is 19.8 Å². The van der Waals surface area contributed by atoms with Crippen LogP contribution in [0.2, 0.25) is 0 Å². The quantitative estimate of drug-likeness (QED) is 0.794. The van der Waals surface area contributed by atoms with E-state index >= 15 is 0 Å². The van der Waals surface area contributed by atoms with Gasteiger partial charge in [-0.15, -0.1) is 0 Å². The van der Waals surface area contributed by atoms with E-state index in [1.54, 1.807) is 0 Å². The number of carboxylic acids is 2. The van der Waals surface area contributed by atoms with Gasteiger partial charge in [0.05, 0.1) is 6.42 Å². The maximum Gasteiger partial charge on any atom is 0.303 e. The second kappa shape index (κ2) is 6.03. The van der Waals surface area contributed by atoms with Crippen molar-refractivity contribution in [2.75, 3.05) is 0 Å². The zero-order chi connectivity index (χ0) is 12.8. The Labute approximate surface area is 99.9 Å². The van der Waals surface area contributed by atoms with E-state index in [0.717, 1.165) is 11.1 Å². The molecule has 1 atom stereocenters. The first-order valence-corrected chi connectivity index (χ1v) is 5.51. The minimum absolute atomic E-state index is 0.0268. The van der Waals surface area contributed by atoms with Gasteiger partial charge in [0.2, 0.25) is 0 Å². The number of carboxylic acid groups (broad SMARTS) is 2. The molecule has 0 spiro atoms. The molecule has 17 heavy (non-hydrogen) atoms. The highest BCUT2D eigenvalue weighted by Crippen LogP contribution is 2.19. The summed E-state index contributed by atoms with van der Waals surface area (Å²) in [6.07, 6.45) is 0.724. The molecule has 1 unspecified atom stereocenters. The molecule has 0 aromatic heterocycles. The normalized spacial score (nSPS) is 12.1. The van der Waals surface area contributed by atoms with Crippen LogP contribution in [-0.2, 0) is 16.0 Å². The molecule has 1 rings (SSSR count). The predicted octanol–water partition coefficient (Wildman–Crippen LogP) is 2.28. The van der Waals surface area contributed by atoms with Crippen molar-refractivity contribution in [3.63, 3.8) is 0 Å². The lowest BCUT2D eigenvalue weighted by Gasteiger charge is -2.09. The number of aliphatic carboxylic acids is 2. The van der Waals surface area contributed by atoms with Crippen LogP contribution in [0.15, 0.2) is 24.3 Å². The summed E-state index contributed by atoms with van der Waals surface area (Å²) in [5.41, 5.74) is 1.92. The van der Waals surface area contributed by atoms with E-state index in [1.165, 1.54) is 0 Å². The van der Waals surface area contributed by atoms with Gasteiger partial charge in [-0.25, -0.2) is 0 Å². The molecule has 1 aromatic rings. The highest BCUT2D eigenvalue weighted by molar-refractivity contribution is 5.68. The van der Waals surface area contributed by atoms with Crippen LogP contribution in [0.4, 0.5) is 0 Å². The Hall–Kier alpha value is -1.84. The second-order valence-electron chi connectivity index (χ2n) is 4.13. The molecule has 2 N–H and O–H groups in total. The molecule has 4 heteroatoms. The number of hydrogen-bond acceptors (Lipinski definition) is 2. The molecule has 0 saturated heterocycles. The summed E-state index contributed by atoms with van der Waals surface area (Å²) in [6.45, 7) is 1.86. The van der Waals surface area contributed by atoms with Gasteiger partial charge in [0.15, 0.2) is 0 Å². The van der Waals surface area contributed by atoms with Crippen molar-refractivity contribution >= 4 is 11.9 Å². The largest absolute Gasteiger partial charge is 0.481 e. The first kappa shape index (κ1) is 13.2. The van der Waals surface area contributed by atoms with Gasteiger partial charge < -0.3 is 10.2 Å². The van der Waals surface area contributed by atoms with Gasteiger partial charge in [-0.1, -0.05) is 31.2 Å². The van der Waals surface area contributed by atoms with Gasteiger partial charge in [0.25, 0.3) is 0 Å². The van der Waals surface area contributed by atoms with Crippen molar-refractivity contribution in [2.24, 2.45) is 0 Å². The predicted molar refractivity (Wildman–Crippen MR) is 63.1 cm³/mol. The number of hydrogen-bond donors (Lipinski definition) is 2. The Morgan fingerprint density at radius 1 is 1.12 bits per heavy atom. The second-order valence-corrected chi connectivity index (χ2v) is 4.13. The molecule has 0 aliphatic carbocycles. The standard InChI is InChI=1S/C13H16O4/c1-9(8-13(16)17)11-5-2-10(3-6-11)4-7-12(14)15/h2-3,5-6,9H,4,7-8H2,1H3,(H,14,15)(H,16,17). The van der Waals surface area contributed by atoms with Gasteiger partial charge >= 0.3 is 11.9 Å². The Balaban J connectivity index is 2.60. The fourth-order valence-corrected chi connectivity index (χ4v) is 1.64. The number of rotatable bonds is 6. The van der Waals surface area contributed by atoms with Crippen LogP contribution in [0.3, 0.4) is 0 Å². The molecule has 0 aliphatic heterocycles. The van der Waals surface area contributed by atoms with Crippen molar-refractivity contribution in [2.45, 2.75) is 32.1 Å². The lowest BCUT2D eigenvalue weighted by molar-refractivity contribution is -0.138. The Kier molecular flexibility index (Phi) is 4.69. The lowest BCUT2D eigenvalue weighted by atomic mass is 9.96. The molecule has 0 saturated carbocycles. The Morgan fingerprint density at radius 3 is 2.18 bits per heavy atom. The van der Waals surface area contributed by atoms with E-state index in [9.17, 15) is 9.59 Å². The first-order chi connectivity index (χ1) is 7.99. The van der Waals surface area contributed by atoms with Gasteiger partial charge in [0.1, 0.15) is 0 Å². The molecule has 4 nitrogen and oxygen atoms in total. The molecule has 0 radical (unpaired) electrons. The monoisotopic (exact) mass is 236 g/mol. The van der Waals surface area contributed by atoms with Gasteiger partial charge in [-0.3, -0.25) is 9.59 Å². The van der Waals surface area contributed by atoms with Crippen LogP contribution in [-0.4, -0.2) is 22.2 Å². The zero-order valence-corrected chi connectivity index (χ0v) is 9.72. The summed E-state index contributed by atoms with van der Waals surface area (Å²) in [5.74, 6) is -1.65. The summed E-state index contributed by atoms with van der Waals surface area (Å²) in [6, 6.07) is 7.45. The molecule has 0 bridgehead atoms. The van der Waals surface area contributed by atoms with Crippen molar-refractivity contribution in [1.29, 1.82) is 0 Å². The lowest BCUT2D eigenvalue weighted by Crippen LogP contribution is -2.03. The average molecular weight is 236 g/mol. The smallest absolute Gasteiger partial charge is 0.303 e. The first-order valence-electron chi connectivity index (χ1n) is 5.51. The summed E-state index contributed by atoms with van der Waals surface area (Å²) in [7, 11) is 0. The molecular formula is C13H16O4. The fourth-order valence-electron chi connectivity index (χ4n) is 1.64. The van der Waals surface area contributed by atoms with E-state index in [4.69, 9.17) is 10.2 Å². The van der Waals surface area contributed by atoms with Crippen LogP contribution >= 0.6 is 0 Å². The molecule has 0 heterocycles. The van der Waals surface area contributed by atoms with Crippen LogP contribution in [0, 0.1) is 0 Å². The van der Waals surface area contributed by atoms with E-state index < -0.39 is 11.9 Å². The molecule has 0 amide bonds. The highest BCUT2D eigenvalue weighted by Gasteiger charge is 2.09. The van der Waals surface area contributed by atoms with E-state index in [0.29, 0.717) is 6.42 Å². The molecule has 0 aliphatic rings. The van der Waals surface area contributed by atoms with Crippen LogP contribution in [0.25, 0.3) is 0 Å². The molecule has 92 valence electrons. The SMILES string of the molecule is CC(CC(=O)O)c1ccc(CCC(=O)O)cc1. The van der Waals surface area contributed by atoms with Gasteiger partial charge in [-0.2, -0.15) is 0 Å². The number of benzene rings is 1. The Bertz CT molecular complexity index is 394. The third-order valence-corrected chi connectivity index (χ3v) is 2.66. The minimum Gasteiger partial charge on any atom is -0.481 e. The van der Waals surface area contributed by atoms with Crippen molar-refractivity contribution in [3.05, 3.63) is 35.4 Å². The minimum atomic E-state index is -0.813. The topological polar surface area (TPSA) is 74.6 Å². The summed E-state index contributed by atoms with van der Waals surface area (Å²) in [4.78, 5) is 21.0. The average Bonchev–Trinajstić information content (AvgIpc) is 2.26. The van der Waals surface area contributed by atoms with Crippen molar-refractivity contribution in [1.82, 2.24) is 0 Å². The van der Waals surface area contributed by atoms with Gasteiger partial charge in [0, 0.05) is 6.42 Å². The number of aryl methyl sites for hydroxylation is 1. The maximum absolute atomic E-state index is 10.6. The molecule has 1 aromatic carbocycles. The summed E-state index contributed by atoms with van der Waals surface area (Å²) < 4.78 is 0. The number of carbonyl (C=O) groups is 2. The third-order valence-electron chi connectivity index (χ3n) is 2.66. The summed E-state index contributed by atoms with van der Waals surface area (Å²) in [5, 5.41) is 17.2. The Morgan fingerprint density at radius 2 is 1.71 bits per heavy atom. The van der Waals surface area contributed by atoms with E-state index in [2.05, 4.69) is 0 Å². The van der Waals surface area contributed by atoms with Crippen LogP contribution in [0.1, 0.15) is 36.8 Å². The zero-order valence-electron chi connectivity index (χ0n) is 9.72. The molecule has 0 fully saturated rings. The summed E-state index contributed by atoms with van der Waals surface area (Å²) >= 11 is 0. The van der Waals surface area contributed by atoms with Crippen molar-refractivity contribution in [3.8, 4) is 0 Å². The van der Waals surface area contributed by atoms with Gasteiger partial charge in [-0.05, 0) is 23.5 Å². The van der Waals surface area contributed by atoms with Crippen LogP contribution in [0.5, 0.6) is 0 Å². The third kappa shape index (κ3) is 4.68. The molecular weight excluding hydrogens is 220 g/mol. The highest BCUT2D eigenvalue weighted by atomic mass is 16.4.